The van der Waals surface area contributed by atoms with Crippen molar-refractivity contribution in [2.45, 2.75) is 50.3 Å². The highest BCUT2D eigenvalue weighted by atomic mass is 16.5. The van der Waals surface area contributed by atoms with Crippen molar-refractivity contribution in [2.24, 2.45) is 11.7 Å². The van der Waals surface area contributed by atoms with Crippen LogP contribution in [0.5, 0.6) is 0 Å². The number of ether oxygens (including phenoxy) is 1. The van der Waals surface area contributed by atoms with Gasteiger partial charge in [0.25, 0.3) is 0 Å². The lowest BCUT2D eigenvalue weighted by atomic mass is 9.97. The Bertz CT molecular complexity index is 497. The lowest BCUT2D eigenvalue weighted by Gasteiger charge is -2.33. The van der Waals surface area contributed by atoms with Crippen molar-refractivity contribution < 1.29 is 9.26 Å². The third-order valence-electron chi connectivity index (χ3n) is 5.01. The van der Waals surface area contributed by atoms with Crippen LogP contribution in [0.1, 0.15) is 50.4 Å². The van der Waals surface area contributed by atoms with Crippen LogP contribution in [-0.2, 0) is 10.3 Å². The van der Waals surface area contributed by atoms with Crippen molar-refractivity contribution >= 4 is 0 Å². The van der Waals surface area contributed by atoms with Crippen LogP contribution in [-0.4, -0.2) is 40.8 Å². The zero-order valence-electron chi connectivity index (χ0n) is 11.9. The summed E-state index contributed by atoms with van der Waals surface area (Å²) in [5.74, 6) is 1.69. The van der Waals surface area contributed by atoms with E-state index in [1.54, 1.807) is 0 Å². The van der Waals surface area contributed by atoms with E-state index in [1.165, 1.54) is 12.8 Å². The van der Waals surface area contributed by atoms with Crippen molar-refractivity contribution in [3.8, 4) is 0 Å². The number of nitrogens with zero attached hydrogens (tertiary/aromatic N) is 3. The maximum absolute atomic E-state index is 6.32. The number of morpholine rings is 1. The van der Waals surface area contributed by atoms with Gasteiger partial charge in [-0.3, -0.25) is 4.90 Å². The molecule has 1 aromatic rings. The van der Waals surface area contributed by atoms with Gasteiger partial charge in [-0.15, -0.1) is 0 Å². The maximum atomic E-state index is 6.32. The molecule has 3 unspecified atom stereocenters. The molecule has 2 aliphatic heterocycles. The fourth-order valence-corrected chi connectivity index (χ4v) is 3.42. The van der Waals surface area contributed by atoms with Crippen LogP contribution in [0.4, 0.5) is 0 Å². The quantitative estimate of drug-likeness (QED) is 0.895. The summed E-state index contributed by atoms with van der Waals surface area (Å²) in [4.78, 5) is 7.01. The van der Waals surface area contributed by atoms with E-state index in [-0.39, 0.29) is 6.10 Å². The van der Waals surface area contributed by atoms with Crippen LogP contribution in [0.2, 0.25) is 0 Å². The largest absolute Gasteiger partial charge is 0.367 e. The molecular formula is C14H22N4O2. The van der Waals surface area contributed by atoms with Gasteiger partial charge in [0.1, 0.15) is 6.10 Å². The molecular weight excluding hydrogens is 256 g/mol. The minimum Gasteiger partial charge on any atom is -0.367 e. The zero-order valence-corrected chi connectivity index (χ0v) is 11.9. The Kier molecular flexibility index (Phi) is 2.87. The summed E-state index contributed by atoms with van der Waals surface area (Å²) in [7, 11) is 0. The Morgan fingerprint density at radius 3 is 3.00 bits per heavy atom. The lowest BCUT2D eigenvalue weighted by Crippen LogP contribution is -2.42. The molecule has 1 aliphatic carbocycles. The number of rotatable bonds is 3. The molecule has 6 nitrogen and oxygen atoms in total. The van der Waals surface area contributed by atoms with E-state index < -0.39 is 5.54 Å². The van der Waals surface area contributed by atoms with Crippen molar-refractivity contribution in [3.05, 3.63) is 11.7 Å². The summed E-state index contributed by atoms with van der Waals surface area (Å²) in [6, 6.07) is 0.587. The number of nitrogens with two attached hydrogens (primary N) is 1. The second kappa shape index (κ2) is 4.51. The van der Waals surface area contributed by atoms with Gasteiger partial charge in [0.2, 0.25) is 11.7 Å². The summed E-state index contributed by atoms with van der Waals surface area (Å²) in [5.41, 5.74) is 5.83. The average molecular weight is 278 g/mol. The molecule has 4 rings (SSSR count). The number of hydrogen-bond acceptors (Lipinski definition) is 6. The average Bonchev–Trinajstić information content (AvgIpc) is 3.02. The summed E-state index contributed by atoms with van der Waals surface area (Å²) in [6.07, 6.45) is 4.74. The third-order valence-corrected chi connectivity index (χ3v) is 5.01. The molecule has 3 heterocycles. The summed E-state index contributed by atoms with van der Waals surface area (Å²) >= 11 is 0. The molecule has 0 amide bonds. The van der Waals surface area contributed by atoms with E-state index in [2.05, 4.69) is 15.0 Å². The fraction of sp³-hybridized carbons (Fsp3) is 0.857. The normalized spacial score (nSPS) is 33.9. The van der Waals surface area contributed by atoms with Gasteiger partial charge in [-0.1, -0.05) is 5.16 Å². The lowest BCUT2D eigenvalue weighted by molar-refractivity contribution is -0.0548. The third kappa shape index (κ3) is 2.06. The van der Waals surface area contributed by atoms with Gasteiger partial charge in [-0.05, 0) is 45.1 Å². The molecule has 3 aliphatic rings. The van der Waals surface area contributed by atoms with E-state index in [0.29, 0.717) is 23.7 Å². The molecule has 3 fully saturated rings. The highest BCUT2D eigenvalue weighted by Crippen LogP contribution is 2.43. The van der Waals surface area contributed by atoms with Gasteiger partial charge < -0.3 is 15.0 Å². The van der Waals surface area contributed by atoms with Crippen molar-refractivity contribution in [1.82, 2.24) is 15.0 Å². The molecule has 1 aromatic heterocycles. The molecule has 20 heavy (non-hydrogen) atoms. The minimum atomic E-state index is -0.490. The molecule has 3 atom stereocenters. The van der Waals surface area contributed by atoms with Crippen LogP contribution in [0, 0.1) is 5.92 Å². The highest BCUT2D eigenvalue weighted by Gasteiger charge is 2.44. The molecule has 110 valence electrons. The first-order chi connectivity index (χ1) is 9.64. The molecule has 2 saturated heterocycles. The summed E-state index contributed by atoms with van der Waals surface area (Å²) in [6.45, 7) is 4.79. The zero-order chi connectivity index (χ0) is 13.7. The Morgan fingerprint density at radius 2 is 2.20 bits per heavy atom. The molecule has 0 spiro atoms. The summed E-state index contributed by atoms with van der Waals surface area (Å²) < 4.78 is 11.3. The van der Waals surface area contributed by atoms with E-state index in [1.807, 2.05) is 6.92 Å². The van der Waals surface area contributed by atoms with Crippen LogP contribution >= 0.6 is 0 Å². The van der Waals surface area contributed by atoms with E-state index >= 15 is 0 Å². The van der Waals surface area contributed by atoms with Crippen LogP contribution in [0.25, 0.3) is 0 Å². The molecule has 2 N–H and O–H groups in total. The van der Waals surface area contributed by atoms with Crippen LogP contribution < -0.4 is 5.73 Å². The monoisotopic (exact) mass is 278 g/mol. The minimum absolute atomic E-state index is 0.0724. The van der Waals surface area contributed by atoms with Gasteiger partial charge in [-0.25, -0.2) is 0 Å². The first kappa shape index (κ1) is 12.7. The van der Waals surface area contributed by atoms with E-state index in [4.69, 9.17) is 15.0 Å². The molecule has 6 heteroatoms. The number of hydrogen-bond donors (Lipinski definition) is 1. The predicted octanol–water partition coefficient (Wildman–Crippen LogP) is 1.19. The van der Waals surface area contributed by atoms with E-state index in [0.717, 1.165) is 32.5 Å². The number of aromatic nitrogens is 2. The van der Waals surface area contributed by atoms with Crippen molar-refractivity contribution in [2.75, 3.05) is 19.7 Å². The smallest absolute Gasteiger partial charge is 0.246 e. The molecule has 0 radical (unpaired) electrons. The maximum Gasteiger partial charge on any atom is 0.246 e. The predicted molar refractivity (Wildman–Crippen MR) is 71.8 cm³/mol. The van der Waals surface area contributed by atoms with Gasteiger partial charge >= 0.3 is 0 Å². The van der Waals surface area contributed by atoms with Gasteiger partial charge in [0.15, 0.2) is 0 Å². The Hall–Kier alpha value is -0.980. The van der Waals surface area contributed by atoms with Gasteiger partial charge in [-0.2, -0.15) is 4.98 Å². The van der Waals surface area contributed by atoms with Crippen molar-refractivity contribution in [1.29, 1.82) is 0 Å². The molecule has 1 saturated carbocycles. The standard InChI is InChI=1S/C14H22N4O2/c1-14(15,9-4-5-9)13-16-12(17-20-13)11-7-18-6-2-3-10(18)8-19-11/h9-11H,2-8,15H2,1H3. The SMILES string of the molecule is CC(N)(c1nc(C2CN3CCCC3CO2)no1)C1CC1. The Balaban J connectivity index is 1.50. The first-order valence-electron chi connectivity index (χ1n) is 7.63. The fourth-order valence-electron chi connectivity index (χ4n) is 3.42. The highest BCUT2D eigenvalue weighted by molar-refractivity contribution is 5.08. The number of fused-ring (bicyclic) bond motifs is 1. The van der Waals surface area contributed by atoms with Crippen molar-refractivity contribution in [3.63, 3.8) is 0 Å². The van der Waals surface area contributed by atoms with Crippen LogP contribution in [0.15, 0.2) is 4.52 Å². The second-order valence-corrected chi connectivity index (χ2v) is 6.63. The van der Waals surface area contributed by atoms with Gasteiger partial charge in [0, 0.05) is 12.6 Å². The Labute approximate surface area is 118 Å². The Morgan fingerprint density at radius 1 is 1.35 bits per heavy atom. The topological polar surface area (TPSA) is 77.4 Å². The second-order valence-electron chi connectivity index (χ2n) is 6.63. The first-order valence-corrected chi connectivity index (χ1v) is 7.63. The van der Waals surface area contributed by atoms with E-state index in [9.17, 15) is 0 Å². The van der Waals surface area contributed by atoms with Crippen LogP contribution in [0.3, 0.4) is 0 Å². The molecule has 0 aromatic carbocycles. The summed E-state index contributed by atoms with van der Waals surface area (Å²) in [5, 5.41) is 4.11. The van der Waals surface area contributed by atoms with Gasteiger partial charge in [0.05, 0.1) is 12.1 Å². The molecule has 0 bridgehead atoms.